The van der Waals surface area contributed by atoms with Gasteiger partial charge < -0.3 is 61.0 Å². The average molecular weight is 985 g/mol. The van der Waals surface area contributed by atoms with Crippen molar-refractivity contribution in [1.29, 1.82) is 0 Å². The zero-order valence-electron chi connectivity index (χ0n) is 40.5. The van der Waals surface area contributed by atoms with Crippen molar-refractivity contribution in [2.45, 2.75) is 70.0 Å². The van der Waals surface area contributed by atoms with Crippen molar-refractivity contribution in [2.75, 3.05) is 145 Å². The molecule has 0 spiro atoms. The number of nitrogens with one attached hydrogen (secondary N) is 4. The van der Waals surface area contributed by atoms with Gasteiger partial charge in [-0.25, -0.2) is 4.79 Å². The quantitative estimate of drug-likeness (QED) is 0.0306. The number of aliphatic hydroxyl groups is 1. The second-order valence-corrected chi connectivity index (χ2v) is 17.2. The molecule has 1 heterocycles. The van der Waals surface area contributed by atoms with E-state index >= 15 is 0 Å². The number of carbonyl (C=O) groups is 9. The van der Waals surface area contributed by atoms with E-state index in [-0.39, 0.29) is 155 Å². The number of carboxylic acid groups (broad SMARTS) is 3. The summed E-state index contributed by atoms with van der Waals surface area (Å²) in [5.74, 6) is -5.25. The van der Waals surface area contributed by atoms with Gasteiger partial charge in [-0.05, 0) is 51.0 Å². The number of nitrogens with zero attached hydrogens (tertiary/aromatic N) is 6. The molecule has 2 aliphatic rings. The maximum absolute atomic E-state index is 13.5. The first-order chi connectivity index (χ1) is 32.8. The molecule has 392 valence electrons. The van der Waals surface area contributed by atoms with Crippen LogP contribution in [-0.4, -0.2) is 260 Å². The van der Waals surface area contributed by atoms with Gasteiger partial charge in [0, 0.05) is 106 Å². The second kappa shape index (κ2) is 33.1. The van der Waals surface area contributed by atoms with Crippen molar-refractivity contribution in [1.82, 2.24) is 50.7 Å². The van der Waals surface area contributed by atoms with Crippen molar-refractivity contribution in [2.24, 2.45) is 0 Å². The summed E-state index contributed by atoms with van der Waals surface area (Å²) in [4.78, 5) is 120. The molecule has 0 saturated carbocycles. The van der Waals surface area contributed by atoms with Gasteiger partial charge >= 0.3 is 24.0 Å². The summed E-state index contributed by atoms with van der Waals surface area (Å²) >= 11 is 0. The second-order valence-electron chi connectivity index (χ2n) is 17.2. The molecule has 25 heteroatoms. The molecule has 0 bridgehead atoms. The standard InChI is InChI=1S/C44H76N10O15/c1-4-26-68-27-11-35(55)45-14-7-15-47-37(57)29-50(3)43(66)69-34-9-5-6-12-44(67,13-10-34)42(65)49(2)28-36(56)46-16-8-17-48-38(58)30-51-18-20-52(31-39(59)60)22-24-54(33-41(63)64)25-23-53(21-19-51)32-40(61)62/h5,9,34,67H,4,6-8,10-33H2,1-3H3,(H,45,55)(H,46,56)(H,47,57)(H,48,58)(H,59,60)(H,61,62)(H,63,64)/b9-5+. The van der Waals surface area contributed by atoms with E-state index in [1.54, 1.807) is 31.8 Å². The number of carboxylic acids is 3. The van der Waals surface area contributed by atoms with E-state index in [9.17, 15) is 63.6 Å². The van der Waals surface area contributed by atoms with E-state index in [2.05, 4.69) is 21.3 Å². The first kappa shape index (κ1) is 59.7. The van der Waals surface area contributed by atoms with Crippen LogP contribution in [-0.2, 0) is 47.8 Å². The van der Waals surface area contributed by atoms with Crippen LogP contribution < -0.4 is 21.3 Å². The number of carbonyl (C=O) groups excluding carboxylic acids is 6. The lowest BCUT2D eigenvalue weighted by Crippen LogP contribution is -2.51. The lowest BCUT2D eigenvalue weighted by Gasteiger charge is -2.33. The van der Waals surface area contributed by atoms with Crippen LogP contribution in [0.2, 0.25) is 0 Å². The highest BCUT2D eigenvalue weighted by Crippen LogP contribution is 2.27. The van der Waals surface area contributed by atoms with Crippen LogP contribution in [0.25, 0.3) is 0 Å². The molecular weight excluding hydrogens is 909 g/mol. The fourth-order valence-electron chi connectivity index (χ4n) is 7.37. The molecule has 0 aromatic heterocycles. The Morgan fingerprint density at radius 2 is 1.04 bits per heavy atom. The third-order valence-corrected chi connectivity index (χ3v) is 11.2. The van der Waals surface area contributed by atoms with Crippen LogP contribution in [0.5, 0.6) is 0 Å². The van der Waals surface area contributed by atoms with Crippen LogP contribution in [0.4, 0.5) is 4.79 Å². The molecular formula is C44H76N10O15. The van der Waals surface area contributed by atoms with Gasteiger partial charge in [-0.15, -0.1) is 0 Å². The van der Waals surface area contributed by atoms with E-state index < -0.39 is 53.4 Å². The van der Waals surface area contributed by atoms with E-state index in [1.807, 2.05) is 6.92 Å². The third-order valence-electron chi connectivity index (χ3n) is 11.2. The average Bonchev–Trinajstić information content (AvgIpc) is 3.27. The van der Waals surface area contributed by atoms with Crippen molar-refractivity contribution in [3.8, 4) is 0 Å². The van der Waals surface area contributed by atoms with E-state index in [0.29, 0.717) is 32.6 Å². The Balaban J connectivity index is 1.77. The van der Waals surface area contributed by atoms with Gasteiger partial charge in [0.1, 0.15) is 18.2 Å². The topological polar surface area (TPSA) is 321 Å². The minimum Gasteiger partial charge on any atom is -0.480 e. The summed E-state index contributed by atoms with van der Waals surface area (Å²) < 4.78 is 10.9. The van der Waals surface area contributed by atoms with Gasteiger partial charge in [0.15, 0.2) is 0 Å². The molecule has 6 amide bonds. The number of rotatable bonds is 27. The Labute approximate surface area is 403 Å². The van der Waals surface area contributed by atoms with Crippen molar-refractivity contribution in [3.05, 3.63) is 12.2 Å². The monoisotopic (exact) mass is 985 g/mol. The van der Waals surface area contributed by atoms with Gasteiger partial charge in [0.05, 0.1) is 39.3 Å². The first-order valence-corrected chi connectivity index (χ1v) is 23.6. The lowest BCUT2D eigenvalue weighted by molar-refractivity contribution is -0.153. The number of likely N-dealkylation sites (N-methyl/N-ethyl adjacent to an activating group) is 2. The van der Waals surface area contributed by atoms with Crippen molar-refractivity contribution < 1.29 is 73.1 Å². The van der Waals surface area contributed by atoms with Gasteiger partial charge in [-0.2, -0.15) is 0 Å². The Bertz CT molecular complexity index is 1680. The van der Waals surface area contributed by atoms with E-state index in [0.717, 1.165) is 16.2 Å². The number of ether oxygens (including phenoxy) is 2. The van der Waals surface area contributed by atoms with Crippen LogP contribution >= 0.6 is 0 Å². The summed E-state index contributed by atoms with van der Waals surface area (Å²) in [5.41, 5.74) is -1.85. The Kier molecular flexibility index (Phi) is 28.6. The van der Waals surface area contributed by atoms with Gasteiger partial charge in [0.2, 0.25) is 23.6 Å². The molecule has 1 aliphatic heterocycles. The lowest BCUT2D eigenvalue weighted by atomic mass is 9.87. The minimum absolute atomic E-state index is 0.0640. The normalized spacial score (nSPS) is 19.5. The first-order valence-electron chi connectivity index (χ1n) is 23.6. The Morgan fingerprint density at radius 3 is 1.51 bits per heavy atom. The van der Waals surface area contributed by atoms with Crippen LogP contribution in [0, 0.1) is 0 Å². The van der Waals surface area contributed by atoms with Crippen LogP contribution in [0.3, 0.4) is 0 Å². The smallest absolute Gasteiger partial charge is 0.410 e. The highest BCUT2D eigenvalue weighted by atomic mass is 16.6. The van der Waals surface area contributed by atoms with Gasteiger partial charge in [-0.3, -0.25) is 58.0 Å². The Hall–Kier alpha value is -5.47. The zero-order valence-corrected chi connectivity index (χ0v) is 40.5. The van der Waals surface area contributed by atoms with Crippen molar-refractivity contribution in [3.63, 3.8) is 0 Å². The summed E-state index contributed by atoms with van der Waals surface area (Å²) in [7, 11) is 2.79. The number of aliphatic carboxylic acids is 3. The van der Waals surface area contributed by atoms with Crippen molar-refractivity contribution >= 4 is 53.5 Å². The predicted octanol–water partition coefficient (Wildman–Crippen LogP) is -2.72. The molecule has 2 rings (SSSR count). The maximum Gasteiger partial charge on any atom is 0.410 e. The number of amides is 6. The van der Waals surface area contributed by atoms with Gasteiger partial charge in [0.25, 0.3) is 5.91 Å². The SMILES string of the molecule is CCCOCCC(=O)NCCCNC(=O)CN(C)C(=O)OC1/C=C/CCC(O)(C(=O)N(C)CC(=O)NCCCNC(=O)CN2CCN(CC(=O)O)CCN(CC(=O)O)CCN(CC(=O)O)CC2)CC1. The number of hydrogen-bond donors (Lipinski definition) is 8. The fraction of sp³-hybridized carbons (Fsp3) is 0.750. The summed E-state index contributed by atoms with van der Waals surface area (Å²) in [6, 6.07) is 0. The van der Waals surface area contributed by atoms with Gasteiger partial charge in [-0.1, -0.05) is 13.0 Å². The summed E-state index contributed by atoms with van der Waals surface area (Å²) in [5, 5.41) is 50.6. The molecule has 1 saturated heterocycles. The van der Waals surface area contributed by atoms with E-state index in [4.69, 9.17) is 9.47 Å². The van der Waals surface area contributed by atoms with Crippen LogP contribution in [0.1, 0.15) is 58.3 Å². The molecule has 1 aliphatic carbocycles. The molecule has 2 unspecified atom stereocenters. The number of hydrogen-bond acceptors (Lipinski definition) is 16. The fourth-order valence-corrected chi connectivity index (χ4v) is 7.37. The molecule has 0 aromatic rings. The molecule has 69 heavy (non-hydrogen) atoms. The van der Waals surface area contributed by atoms with Crippen LogP contribution in [0.15, 0.2) is 12.2 Å². The maximum atomic E-state index is 13.5. The zero-order chi connectivity index (χ0) is 51.2. The molecule has 1 fully saturated rings. The predicted molar refractivity (Wildman–Crippen MR) is 249 cm³/mol. The summed E-state index contributed by atoms with van der Waals surface area (Å²) in [6.45, 7) is 4.46. The van der Waals surface area contributed by atoms with E-state index in [1.165, 1.54) is 14.1 Å². The highest BCUT2D eigenvalue weighted by Gasteiger charge is 2.39. The molecule has 0 aromatic carbocycles. The number of allylic oxidation sites excluding steroid dienone is 1. The Morgan fingerprint density at radius 1 is 0.609 bits per heavy atom. The molecule has 8 N–H and O–H groups in total. The highest BCUT2D eigenvalue weighted by molar-refractivity contribution is 5.89. The summed E-state index contributed by atoms with van der Waals surface area (Å²) in [6.07, 6.45) is 4.10. The molecule has 2 atom stereocenters. The largest absolute Gasteiger partial charge is 0.480 e. The molecule has 0 radical (unpaired) electrons. The molecule has 25 nitrogen and oxygen atoms in total. The minimum atomic E-state index is -1.85. The third kappa shape index (κ3) is 26.8.